The first kappa shape index (κ1) is 18.4. The average molecular weight is 365 g/mol. The van der Waals surface area contributed by atoms with Gasteiger partial charge in [0.25, 0.3) is 5.69 Å². The number of nitro benzene ring substituents is 1. The predicted molar refractivity (Wildman–Crippen MR) is 108 cm³/mol. The number of aliphatic imine (C=N–C) groups is 1. The highest BCUT2D eigenvalue weighted by molar-refractivity contribution is 5.86. The van der Waals surface area contributed by atoms with Gasteiger partial charge in [-0.1, -0.05) is 30.3 Å². The number of hydrogen-bond acceptors (Lipinski definition) is 3. The number of rotatable bonds is 6. The molecule has 0 aliphatic carbocycles. The first-order valence-electron chi connectivity index (χ1n) is 8.82. The standard InChI is InChI=1S/C20H23N5O2/c1-14-5-3-8-18-16(13-23-19(14)18)9-10-22-20(21-2)24-12-15-6-4-7-17(11-15)25(26)27/h3-8,11,13,23H,9-10,12H2,1-2H3,(H2,21,22,24). The lowest BCUT2D eigenvalue weighted by molar-refractivity contribution is -0.384. The molecule has 0 unspecified atom stereocenters. The molecular weight excluding hydrogens is 342 g/mol. The number of aromatic nitrogens is 1. The van der Waals surface area contributed by atoms with Crippen LogP contribution in [0.2, 0.25) is 0 Å². The first-order valence-corrected chi connectivity index (χ1v) is 8.82. The minimum Gasteiger partial charge on any atom is -0.361 e. The SMILES string of the molecule is CN=C(NCCc1c[nH]c2c(C)cccc12)NCc1cccc([N+](=O)[O-])c1. The summed E-state index contributed by atoms with van der Waals surface area (Å²) in [5.74, 6) is 0.664. The third-order valence-electron chi connectivity index (χ3n) is 4.50. The summed E-state index contributed by atoms with van der Waals surface area (Å²) in [4.78, 5) is 18.0. The van der Waals surface area contributed by atoms with Crippen LogP contribution in [0, 0.1) is 17.0 Å². The monoisotopic (exact) mass is 365 g/mol. The number of non-ortho nitro benzene ring substituents is 1. The van der Waals surface area contributed by atoms with Gasteiger partial charge in [-0.15, -0.1) is 0 Å². The van der Waals surface area contributed by atoms with Crippen LogP contribution in [0.1, 0.15) is 16.7 Å². The molecule has 1 aromatic heterocycles. The Hall–Kier alpha value is -3.35. The average Bonchev–Trinajstić information content (AvgIpc) is 3.09. The van der Waals surface area contributed by atoms with E-state index >= 15 is 0 Å². The van der Waals surface area contributed by atoms with Gasteiger partial charge in [0.15, 0.2) is 5.96 Å². The minimum absolute atomic E-state index is 0.0897. The molecule has 0 amide bonds. The fourth-order valence-electron chi connectivity index (χ4n) is 3.07. The Morgan fingerprint density at radius 1 is 1.22 bits per heavy atom. The van der Waals surface area contributed by atoms with Crippen molar-refractivity contribution < 1.29 is 4.92 Å². The summed E-state index contributed by atoms with van der Waals surface area (Å²) in [6.45, 7) is 3.30. The largest absolute Gasteiger partial charge is 0.361 e. The molecule has 2 aromatic carbocycles. The normalized spacial score (nSPS) is 11.6. The fourth-order valence-corrected chi connectivity index (χ4v) is 3.07. The molecule has 0 saturated carbocycles. The van der Waals surface area contributed by atoms with Gasteiger partial charge in [-0.2, -0.15) is 0 Å². The van der Waals surface area contributed by atoms with E-state index in [1.165, 1.54) is 28.1 Å². The van der Waals surface area contributed by atoms with E-state index in [0.717, 1.165) is 18.5 Å². The van der Waals surface area contributed by atoms with Crippen molar-refractivity contribution in [2.24, 2.45) is 4.99 Å². The number of fused-ring (bicyclic) bond motifs is 1. The van der Waals surface area contributed by atoms with Gasteiger partial charge >= 0.3 is 0 Å². The molecule has 140 valence electrons. The van der Waals surface area contributed by atoms with Gasteiger partial charge < -0.3 is 15.6 Å². The Bertz CT molecular complexity index is 977. The van der Waals surface area contributed by atoms with E-state index < -0.39 is 0 Å². The number of nitrogens with zero attached hydrogens (tertiary/aromatic N) is 2. The maximum Gasteiger partial charge on any atom is 0.269 e. The highest BCUT2D eigenvalue weighted by Crippen LogP contribution is 2.21. The van der Waals surface area contributed by atoms with Crippen molar-refractivity contribution in [1.82, 2.24) is 15.6 Å². The third kappa shape index (κ3) is 4.44. The van der Waals surface area contributed by atoms with Crippen LogP contribution in [0.5, 0.6) is 0 Å². The van der Waals surface area contributed by atoms with Crippen molar-refractivity contribution in [3.05, 3.63) is 75.5 Å². The Kier molecular flexibility index (Phi) is 5.71. The summed E-state index contributed by atoms with van der Waals surface area (Å²) < 4.78 is 0. The third-order valence-corrected chi connectivity index (χ3v) is 4.50. The van der Waals surface area contributed by atoms with Crippen LogP contribution in [-0.4, -0.2) is 29.5 Å². The molecule has 3 rings (SSSR count). The molecule has 0 bridgehead atoms. The second-order valence-electron chi connectivity index (χ2n) is 6.34. The van der Waals surface area contributed by atoms with E-state index in [0.29, 0.717) is 12.5 Å². The Labute approximate surface area is 157 Å². The molecule has 0 saturated heterocycles. The highest BCUT2D eigenvalue weighted by atomic mass is 16.6. The Morgan fingerprint density at radius 2 is 2.04 bits per heavy atom. The summed E-state index contributed by atoms with van der Waals surface area (Å²) in [5, 5.41) is 18.6. The van der Waals surface area contributed by atoms with E-state index in [1.807, 2.05) is 6.07 Å². The zero-order valence-corrected chi connectivity index (χ0v) is 15.5. The smallest absolute Gasteiger partial charge is 0.269 e. The number of para-hydroxylation sites is 1. The van der Waals surface area contributed by atoms with E-state index in [9.17, 15) is 10.1 Å². The number of H-pyrrole nitrogens is 1. The van der Waals surface area contributed by atoms with Gasteiger partial charge in [0.1, 0.15) is 0 Å². The van der Waals surface area contributed by atoms with Gasteiger partial charge in [0.2, 0.25) is 0 Å². The van der Waals surface area contributed by atoms with Crippen LogP contribution < -0.4 is 10.6 Å². The highest BCUT2D eigenvalue weighted by Gasteiger charge is 2.07. The van der Waals surface area contributed by atoms with Gasteiger partial charge in [0, 0.05) is 49.4 Å². The molecule has 7 nitrogen and oxygen atoms in total. The molecular formula is C20H23N5O2. The predicted octanol–water partition coefficient (Wildman–Crippen LogP) is 3.29. The molecule has 3 N–H and O–H groups in total. The topological polar surface area (TPSA) is 95.3 Å². The lowest BCUT2D eigenvalue weighted by Crippen LogP contribution is -2.37. The summed E-state index contributed by atoms with van der Waals surface area (Å²) in [6, 6.07) is 12.9. The van der Waals surface area contributed by atoms with Crippen LogP contribution in [0.25, 0.3) is 10.9 Å². The molecule has 0 aliphatic heterocycles. The van der Waals surface area contributed by atoms with Crippen molar-refractivity contribution >= 4 is 22.5 Å². The molecule has 0 spiro atoms. The van der Waals surface area contributed by atoms with Crippen LogP contribution in [0.15, 0.2) is 53.7 Å². The van der Waals surface area contributed by atoms with Crippen molar-refractivity contribution in [3.8, 4) is 0 Å². The second kappa shape index (κ2) is 8.35. The van der Waals surface area contributed by atoms with Gasteiger partial charge in [0.05, 0.1) is 4.92 Å². The number of aryl methyl sites for hydroxylation is 1. The molecule has 1 heterocycles. The summed E-state index contributed by atoms with van der Waals surface area (Å²) in [7, 11) is 1.71. The summed E-state index contributed by atoms with van der Waals surface area (Å²) >= 11 is 0. The van der Waals surface area contributed by atoms with E-state index in [4.69, 9.17) is 0 Å². The molecule has 0 fully saturated rings. The molecule has 3 aromatic rings. The quantitative estimate of drug-likeness (QED) is 0.270. The van der Waals surface area contributed by atoms with Crippen molar-refractivity contribution in [1.29, 1.82) is 0 Å². The molecule has 0 atom stereocenters. The summed E-state index contributed by atoms with van der Waals surface area (Å²) in [6.07, 6.45) is 2.92. The van der Waals surface area contributed by atoms with Crippen molar-refractivity contribution in [3.63, 3.8) is 0 Å². The maximum absolute atomic E-state index is 10.9. The maximum atomic E-state index is 10.9. The van der Waals surface area contributed by atoms with Crippen LogP contribution in [-0.2, 0) is 13.0 Å². The van der Waals surface area contributed by atoms with Crippen molar-refractivity contribution in [2.75, 3.05) is 13.6 Å². The number of nitrogens with one attached hydrogen (secondary N) is 3. The van der Waals surface area contributed by atoms with E-state index in [1.54, 1.807) is 19.2 Å². The van der Waals surface area contributed by atoms with E-state index in [2.05, 4.69) is 51.9 Å². The minimum atomic E-state index is -0.389. The molecule has 27 heavy (non-hydrogen) atoms. The number of aromatic amines is 1. The van der Waals surface area contributed by atoms with Crippen molar-refractivity contribution in [2.45, 2.75) is 19.9 Å². The Morgan fingerprint density at radius 3 is 2.81 bits per heavy atom. The molecule has 0 radical (unpaired) electrons. The first-order chi connectivity index (χ1) is 13.1. The molecule has 7 heteroatoms. The Balaban J connectivity index is 1.54. The number of benzene rings is 2. The zero-order chi connectivity index (χ0) is 19.2. The van der Waals surface area contributed by atoms with Gasteiger partial charge in [-0.05, 0) is 30.0 Å². The number of guanidine groups is 1. The lowest BCUT2D eigenvalue weighted by Gasteiger charge is -2.11. The van der Waals surface area contributed by atoms with E-state index in [-0.39, 0.29) is 10.6 Å². The van der Waals surface area contributed by atoms with Crippen LogP contribution >= 0.6 is 0 Å². The fraction of sp³-hybridized carbons (Fsp3) is 0.250. The van der Waals surface area contributed by atoms with Crippen LogP contribution in [0.3, 0.4) is 0 Å². The zero-order valence-electron chi connectivity index (χ0n) is 15.5. The molecule has 0 aliphatic rings. The summed E-state index contributed by atoms with van der Waals surface area (Å²) in [5.41, 5.74) is 4.60. The number of hydrogen-bond donors (Lipinski definition) is 3. The lowest BCUT2D eigenvalue weighted by atomic mass is 10.1. The van der Waals surface area contributed by atoms with Gasteiger partial charge in [-0.3, -0.25) is 15.1 Å². The van der Waals surface area contributed by atoms with Crippen LogP contribution in [0.4, 0.5) is 5.69 Å². The van der Waals surface area contributed by atoms with Gasteiger partial charge in [-0.25, -0.2) is 0 Å². The number of nitro groups is 1. The second-order valence-corrected chi connectivity index (χ2v) is 6.34.